The van der Waals surface area contributed by atoms with Crippen molar-refractivity contribution in [2.45, 2.75) is 12.3 Å². The molecule has 3 rings (SSSR count). The molecular weight excluding hydrogens is 387 g/mol. The molecule has 1 atom stereocenters. The van der Waals surface area contributed by atoms with E-state index in [1.165, 1.54) is 30.3 Å². The maximum absolute atomic E-state index is 13.1. The topological polar surface area (TPSA) is 60.1 Å². The van der Waals surface area contributed by atoms with Gasteiger partial charge in [0.1, 0.15) is 17.2 Å². The van der Waals surface area contributed by atoms with Crippen LogP contribution in [0.15, 0.2) is 42.0 Å². The maximum Gasteiger partial charge on any atom is 0.430 e. The van der Waals surface area contributed by atoms with Gasteiger partial charge in [0.2, 0.25) is 6.10 Å². The van der Waals surface area contributed by atoms with E-state index < -0.39 is 23.8 Å². The van der Waals surface area contributed by atoms with Crippen LogP contribution in [0, 0.1) is 6.57 Å². The zero-order valence-electron chi connectivity index (χ0n) is 13.2. The fraction of sp³-hybridized carbons (Fsp3) is 0.111. The van der Waals surface area contributed by atoms with E-state index >= 15 is 0 Å². The van der Waals surface area contributed by atoms with Crippen molar-refractivity contribution in [1.82, 2.24) is 0 Å². The standard InChI is InChI=1S/C18H9ClF3NO4/c1-23-10-2-4-11(5-3-10)26-15-8-14-9(7-13(15)19)6-12(17(24)25)16(27-14)18(20,21)22/h2-8,16H,(H,24,25). The normalized spacial score (nSPS) is 15.8. The highest BCUT2D eigenvalue weighted by atomic mass is 35.5. The highest BCUT2D eigenvalue weighted by Crippen LogP contribution is 2.42. The molecule has 2 aromatic rings. The first-order valence-corrected chi connectivity index (χ1v) is 7.74. The molecule has 0 saturated heterocycles. The summed E-state index contributed by atoms with van der Waals surface area (Å²) in [7, 11) is 0. The average molecular weight is 396 g/mol. The fourth-order valence-electron chi connectivity index (χ4n) is 2.41. The van der Waals surface area contributed by atoms with Crippen molar-refractivity contribution in [2.75, 3.05) is 0 Å². The highest BCUT2D eigenvalue weighted by molar-refractivity contribution is 6.32. The lowest BCUT2D eigenvalue weighted by atomic mass is 10.0. The van der Waals surface area contributed by atoms with Crippen LogP contribution < -0.4 is 9.47 Å². The zero-order valence-corrected chi connectivity index (χ0v) is 14.0. The molecule has 1 unspecified atom stereocenters. The maximum atomic E-state index is 13.1. The van der Waals surface area contributed by atoms with Gasteiger partial charge in [0.05, 0.1) is 17.2 Å². The Morgan fingerprint density at radius 3 is 2.48 bits per heavy atom. The Hall–Kier alpha value is -3.18. The number of aliphatic carboxylic acids is 1. The summed E-state index contributed by atoms with van der Waals surface area (Å²) >= 11 is 6.10. The third kappa shape index (κ3) is 3.83. The molecule has 2 aromatic carbocycles. The Labute approximate surface area is 156 Å². The smallest absolute Gasteiger partial charge is 0.430 e. The first-order chi connectivity index (χ1) is 12.7. The second-order valence-electron chi connectivity index (χ2n) is 5.47. The monoisotopic (exact) mass is 395 g/mol. The van der Waals surface area contributed by atoms with E-state index in [9.17, 15) is 18.0 Å². The van der Waals surface area contributed by atoms with Gasteiger partial charge in [-0.1, -0.05) is 23.7 Å². The quantitative estimate of drug-likeness (QED) is 0.700. The minimum atomic E-state index is -4.90. The third-order valence-corrected chi connectivity index (χ3v) is 3.94. The second-order valence-corrected chi connectivity index (χ2v) is 5.88. The number of carbonyl (C=O) groups is 1. The van der Waals surface area contributed by atoms with E-state index in [0.29, 0.717) is 11.4 Å². The van der Waals surface area contributed by atoms with Crippen molar-refractivity contribution in [3.63, 3.8) is 0 Å². The summed E-state index contributed by atoms with van der Waals surface area (Å²) in [4.78, 5) is 14.4. The molecule has 0 aromatic heterocycles. The van der Waals surface area contributed by atoms with E-state index in [0.717, 1.165) is 12.1 Å². The van der Waals surface area contributed by atoms with Crippen molar-refractivity contribution in [3.05, 3.63) is 64.0 Å². The minimum Gasteiger partial charge on any atom is -0.478 e. The number of hydrogen-bond donors (Lipinski definition) is 1. The number of rotatable bonds is 3. The lowest BCUT2D eigenvalue weighted by Gasteiger charge is -2.27. The molecule has 1 aliphatic heterocycles. The predicted octanol–water partition coefficient (Wildman–Crippen LogP) is 5.47. The van der Waals surface area contributed by atoms with Crippen LogP contribution in [0.1, 0.15) is 5.56 Å². The van der Waals surface area contributed by atoms with Crippen molar-refractivity contribution in [1.29, 1.82) is 0 Å². The summed E-state index contributed by atoms with van der Waals surface area (Å²) in [6.07, 6.45) is -6.63. The highest BCUT2D eigenvalue weighted by Gasteiger charge is 2.48. The number of hydrogen-bond acceptors (Lipinski definition) is 3. The number of benzene rings is 2. The van der Waals surface area contributed by atoms with E-state index in [1.54, 1.807) is 0 Å². The third-order valence-electron chi connectivity index (χ3n) is 3.64. The molecule has 0 fully saturated rings. The Morgan fingerprint density at radius 1 is 1.26 bits per heavy atom. The van der Waals surface area contributed by atoms with Crippen LogP contribution in [0.2, 0.25) is 5.02 Å². The van der Waals surface area contributed by atoms with E-state index in [2.05, 4.69) is 4.85 Å². The molecular formula is C18H9ClF3NO4. The molecule has 0 radical (unpaired) electrons. The van der Waals surface area contributed by atoms with Crippen LogP contribution in [0.5, 0.6) is 17.2 Å². The van der Waals surface area contributed by atoms with Gasteiger partial charge in [0.15, 0.2) is 5.69 Å². The molecule has 0 spiro atoms. The van der Waals surface area contributed by atoms with Crippen molar-refractivity contribution in [2.24, 2.45) is 0 Å². The van der Waals surface area contributed by atoms with Crippen LogP contribution in [-0.4, -0.2) is 23.4 Å². The number of carboxylic acids is 1. The van der Waals surface area contributed by atoms with Crippen molar-refractivity contribution >= 4 is 29.3 Å². The van der Waals surface area contributed by atoms with Gasteiger partial charge in [0.25, 0.3) is 0 Å². The van der Waals surface area contributed by atoms with Gasteiger partial charge in [-0.15, -0.1) is 0 Å². The summed E-state index contributed by atoms with van der Waals surface area (Å²) in [6.45, 7) is 6.90. The number of fused-ring (bicyclic) bond motifs is 1. The zero-order chi connectivity index (χ0) is 19.8. The van der Waals surface area contributed by atoms with Crippen LogP contribution in [-0.2, 0) is 4.79 Å². The Bertz CT molecular complexity index is 978. The first kappa shape index (κ1) is 18.6. The van der Waals surface area contributed by atoms with Gasteiger partial charge in [-0.2, -0.15) is 13.2 Å². The molecule has 1 N–H and O–H groups in total. The van der Waals surface area contributed by atoms with Crippen LogP contribution in [0.3, 0.4) is 0 Å². The van der Waals surface area contributed by atoms with E-state index in [-0.39, 0.29) is 22.1 Å². The molecule has 0 bridgehead atoms. The molecule has 0 amide bonds. The average Bonchev–Trinajstić information content (AvgIpc) is 2.61. The van der Waals surface area contributed by atoms with Crippen LogP contribution >= 0.6 is 11.6 Å². The number of halogens is 4. The van der Waals surface area contributed by atoms with Gasteiger partial charge in [-0.3, -0.25) is 0 Å². The molecule has 9 heteroatoms. The van der Waals surface area contributed by atoms with Gasteiger partial charge < -0.3 is 14.6 Å². The Kier molecular flexibility index (Phi) is 4.72. The Balaban J connectivity index is 1.98. The van der Waals surface area contributed by atoms with Crippen molar-refractivity contribution < 1.29 is 32.5 Å². The van der Waals surface area contributed by atoms with Crippen molar-refractivity contribution in [3.8, 4) is 17.2 Å². The summed E-state index contributed by atoms with van der Waals surface area (Å²) in [5.41, 5.74) is -0.454. The summed E-state index contributed by atoms with van der Waals surface area (Å²) in [5, 5.41) is 9.09. The number of carboxylic acid groups (broad SMARTS) is 1. The fourth-order valence-corrected chi connectivity index (χ4v) is 2.62. The molecule has 5 nitrogen and oxygen atoms in total. The SMILES string of the molecule is [C-]#[N+]c1ccc(Oc2cc3c(cc2Cl)C=C(C(=O)O)C(C(F)(F)F)O3)cc1. The molecule has 138 valence electrons. The van der Waals surface area contributed by atoms with E-state index in [1.807, 2.05) is 0 Å². The second kappa shape index (κ2) is 6.85. The number of nitrogens with zero attached hydrogens (tertiary/aromatic N) is 1. The minimum absolute atomic E-state index is 0.0269. The summed E-state index contributed by atoms with van der Waals surface area (Å²) in [6, 6.07) is 8.44. The molecule has 27 heavy (non-hydrogen) atoms. The van der Waals surface area contributed by atoms with E-state index in [4.69, 9.17) is 32.8 Å². The van der Waals surface area contributed by atoms with Gasteiger partial charge >= 0.3 is 12.1 Å². The Morgan fingerprint density at radius 2 is 1.93 bits per heavy atom. The molecule has 1 heterocycles. The number of ether oxygens (including phenoxy) is 2. The van der Waals surface area contributed by atoms with Gasteiger partial charge in [0, 0.05) is 11.6 Å². The largest absolute Gasteiger partial charge is 0.478 e. The predicted molar refractivity (Wildman–Crippen MR) is 90.3 cm³/mol. The molecule has 1 aliphatic rings. The van der Waals surface area contributed by atoms with Gasteiger partial charge in [-0.05, 0) is 24.3 Å². The van der Waals surface area contributed by atoms with Gasteiger partial charge in [-0.25, -0.2) is 9.64 Å². The lowest BCUT2D eigenvalue weighted by Crippen LogP contribution is -2.40. The number of alkyl halides is 3. The first-order valence-electron chi connectivity index (χ1n) is 7.36. The molecule has 0 saturated carbocycles. The summed E-state index contributed by atoms with van der Waals surface area (Å²) < 4.78 is 49.8. The summed E-state index contributed by atoms with van der Waals surface area (Å²) in [5.74, 6) is -1.60. The molecule has 0 aliphatic carbocycles. The van der Waals surface area contributed by atoms with Crippen LogP contribution in [0.4, 0.5) is 18.9 Å². The van der Waals surface area contributed by atoms with Crippen LogP contribution in [0.25, 0.3) is 10.9 Å². The lowest BCUT2D eigenvalue weighted by molar-refractivity contribution is -0.187.